The first-order chi connectivity index (χ1) is 12.9. The molecular weight excluding hydrogens is 340 g/mol. The molecular formula is C21H34N4O2. The average Bonchev–Trinajstić information content (AvgIpc) is 2.61. The van der Waals surface area contributed by atoms with Gasteiger partial charge in [-0.15, -0.1) is 0 Å². The summed E-state index contributed by atoms with van der Waals surface area (Å²) in [5, 5.41) is 5.80. The molecule has 1 aliphatic rings. The molecule has 6 heteroatoms. The van der Waals surface area contributed by atoms with Crippen LogP contribution in [-0.4, -0.2) is 59.5 Å². The van der Waals surface area contributed by atoms with Gasteiger partial charge in [0, 0.05) is 30.4 Å². The van der Waals surface area contributed by atoms with E-state index in [4.69, 9.17) is 0 Å². The standard InChI is InChI=1S/C21H34N4O2/c1-16(2)25(17(3)4)20(26)15-24-13-9-8-12-19(24)14-22-21(27)23-18-10-6-5-7-11-18/h5-7,10-11,16-17,19H,8-9,12-15H2,1-4H3,(H2,22,23,27). The van der Waals surface area contributed by atoms with Crippen molar-refractivity contribution < 1.29 is 9.59 Å². The summed E-state index contributed by atoms with van der Waals surface area (Å²) in [6, 6.07) is 9.78. The number of para-hydroxylation sites is 1. The van der Waals surface area contributed by atoms with Crippen LogP contribution in [0.15, 0.2) is 30.3 Å². The van der Waals surface area contributed by atoms with E-state index in [9.17, 15) is 9.59 Å². The van der Waals surface area contributed by atoms with Crippen LogP contribution in [0.1, 0.15) is 47.0 Å². The summed E-state index contributed by atoms with van der Waals surface area (Å²) in [4.78, 5) is 29.1. The van der Waals surface area contributed by atoms with Crippen LogP contribution in [0.25, 0.3) is 0 Å². The minimum Gasteiger partial charge on any atom is -0.337 e. The van der Waals surface area contributed by atoms with E-state index in [1.54, 1.807) is 0 Å². The molecule has 0 spiro atoms. The molecule has 1 aromatic rings. The second-order valence-corrected chi connectivity index (χ2v) is 7.81. The molecule has 0 saturated carbocycles. The van der Waals surface area contributed by atoms with E-state index in [0.717, 1.165) is 31.5 Å². The van der Waals surface area contributed by atoms with E-state index in [-0.39, 0.29) is 30.1 Å². The minimum absolute atomic E-state index is 0.167. The van der Waals surface area contributed by atoms with Crippen molar-refractivity contribution in [3.8, 4) is 0 Å². The molecule has 150 valence electrons. The van der Waals surface area contributed by atoms with Crippen LogP contribution in [0.5, 0.6) is 0 Å². The number of carbonyl (C=O) groups excluding carboxylic acids is 2. The number of hydrogen-bond acceptors (Lipinski definition) is 3. The summed E-state index contributed by atoms with van der Waals surface area (Å²) in [6.45, 7) is 10.1. The third-order valence-corrected chi connectivity index (χ3v) is 5.02. The molecule has 1 aliphatic heterocycles. The number of amides is 3. The number of rotatable bonds is 7. The van der Waals surface area contributed by atoms with Crippen LogP contribution in [0.3, 0.4) is 0 Å². The first-order valence-electron chi connectivity index (χ1n) is 10.0. The van der Waals surface area contributed by atoms with Crippen molar-refractivity contribution in [3.63, 3.8) is 0 Å². The second-order valence-electron chi connectivity index (χ2n) is 7.81. The molecule has 1 aromatic carbocycles. The van der Waals surface area contributed by atoms with E-state index < -0.39 is 0 Å². The molecule has 1 saturated heterocycles. The van der Waals surface area contributed by atoms with E-state index in [0.29, 0.717) is 13.1 Å². The minimum atomic E-state index is -0.205. The number of carbonyl (C=O) groups is 2. The van der Waals surface area contributed by atoms with Gasteiger partial charge in [0.2, 0.25) is 5.91 Å². The van der Waals surface area contributed by atoms with Crippen molar-refractivity contribution >= 4 is 17.6 Å². The van der Waals surface area contributed by atoms with Gasteiger partial charge in [0.25, 0.3) is 0 Å². The topological polar surface area (TPSA) is 64.7 Å². The summed E-state index contributed by atoms with van der Waals surface area (Å²) in [7, 11) is 0. The van der Waals surface area contributed by atoms with Gasteiger partial charge in [-0.3, -0.25) is 9.69 Å². The van der Waals surface area contributed by atoms with Crippen LogP contribution in [0, 0.1) is 0 Å². The molecule has 27 heavy (non-hydrogen) atoms. The largest absolute Gasteiger partial charge is 0.337 e. The molecule has 3 amide bonds. The third-order valence-electron chi connectivity index (χ3n) is 5.02. The van der Waals surface area contributed by atoms with E-state index in [1.807, 2.05) is 35.2 Å². The molecule has 1 heterocycles. The highest BCUT2D eigenvalue weighted by molar-refractivity contribution is 5.89. The van der Waals surface area contributed by atoms with Crippen molar-refractivity contribution in [1.82, 2.24) is 15.1 Å². The molecule has 2 N–H and O–H groups in total. The predicted octanol–water partition coefficient (Wildman–Crippen LogP) is 3.31. The van der Waals surface area contributed by atoms with Crippen LogP contribution < -0.4 is 10.6 Å². The maximum Gasteiger partial charge on any atom is 0.319 e. The monoisotopic (exact) mass is 374 g/mol. The highest BCUT2D eigenvalue weighted by Crippen LogP contribution is 2.17. The quantitative estimate of drug-likeness (QED) is 0.770. The number of piperidine rings is 1. The molecule has 0 aliphatic carbocycles. The second kappa shape index (κ2) is 10.3. The Morgan fingerprint density at radius 2 is 1.78 bits per heavy atom. The van der Waals surface area contributed by atoms with Gasteiger partial charge in [0.15, 0.2) is 0 Å². The highest BCUT2D eigenvalue weighted by atomic mass is 16.2. The Bertz CT molecular complexity index is 595. The zero-order valence-electron chi connectivity index (χ0n) is 17.1. The van der Waals surface area contributed by atoms with Crippen LogP contribution in [0.2, 0.25) is 0 Å². The van der Waals surface area contributed by atoms with Crippen molar-refractivity contribution in [3.05, 3.63) is 30.3 Å². The van der Waals surface area contributed by atoms with Crippen molar-refractivity contribution in [2.75, 3.05) is 25.0 Å². The SMILES string of the molecule is CC(C)N(C(=O)CN1CCCCC1CNC(=O)Nc1ccccc1)C(C)C. The zero-order valence-corrected chi connectivity index (χ0v) is 17.1. The van der Waals surface area contributed by atoms with Crippen LogP contribution in [0.4, 0.5) is 10.5 Å². The molecule has 1 unspecified atom stereocenters. The van der Waals surface area contributed by atoms with E-state index in [2.05, 4.69) is 43.2 Å². The van der Waals surface area contributed by atoms with Gasteiger partial charge in [-0.2, -0.15) is 0 Å². The Labute approximate surface area is 163 Å². The molecule has 0 bridgehead atoms. The number of benzene rings is 1. The summed E-state index contributed by atoms with van der Waals surface area (Å²) in [5.74, 6) is 0.167. The average molecular weight is 375 g/mol. The van der Waals surface area contributed by atoms with E-state index in [1.165, 1.54) is 0 Å². The maximum atomic E-state index is 12.8. The normalized spacial score (nSPS) is 17.8. The number of urea groups is 1. The molecule has 0 aromatic heterocycles. The summed E-state index contributed by atoms with van der Waals surface area (Å²) < 4.78 is 0. The lowest BCUT2D eigenvalue weighted by Crippen LogP contribution is -2.53. The number of hydrogen-bond donors (Lipinski definition) is 2. The van der Waals surface area contributed by atoms with Crippen molar-refractivity contribution in [2.45, 2.75) is 65.1 Å². The fraction of sp³-hybridized carbons (Fsp3) is 0.619. The van der Waals surface area contributed by atoms with Gasteiger partial charge in [0.1, 0.15) is 0 Å². The first kappa shape index (κ1) is 21.2. The van der Waals surface area contributed by atoms with Crippen LogP contribution in [-0.2, 0) is 4.79 Å². The first-order valence-corrected chi connectivity index (χ1v) is 10.0. The number of nitrogens with zero attached hydrogens (tertiary/aromatic N) is 2. The zero-order chi connectivity index (χ0) is 19.8. The Hall–Kier alpha value is -2.08. The maximum absolute atomic E-state index is 12.8. The lowest BCUT2D eigenvalue weighted by Gasteiger charge is -2.38. The van der Waals surface area contributed by atoms with Crippen molar-refractivity contribution in [1.29, 1.82) is 0 Å². The predicted molar refractivity (Wildman–Crippen MR) is 110 cm³/mol. The van der Waals surface area contributed by atoms with Gasteiger partial charge in [-0.05, 0) is 59.2 Å². The number of nitrogens with one attached hydrogen (secondary N) is 2. The smallest absolute Gasteiger partial charge is 0.319 e. The van der Waals surface area contributed by atoms with Crippen LogP contribution >= 0.6 is 0 Å². The van der Waals surface area contributed by atoms with Gasteiger partial charge in [0.05, 0.1) is 6.54 Å². The van der Waals surface area contributed by atoms with Gasteiger partial charge in [-0.25, -0.2) is 4.79 Å². The Morgan fingerprint density at radius 3 is 2.41 bits per heavy atom. The summed E-state index contributed by atoms with van der Waals surface area (Å²) >= 11 is 0. The summed E-state index contributed by atoms with van der Waals surface area (Å²) in [5.41, 5.74) is 0.773. The summed E-state index contributed by atoms with van der Waals surface area (Å²) in [6.07, 6.45) is 3.24. The highest BCUT2D eigenvalue weighted by Gasteiger charge is 2.28. The number of anilines is 1. The number of likely N-dealkylation sites (tertiary alicyclic amines) is 1. The van der Waals surface area contributed by atoms with Gasteiger partial charge < -0.3 is 15.5 Å². The third kappa shape index (κ3) is 6.54. The van der Waals surface area contributed by atoms with E-state index >= 15 is 0 Å². The van der Waals surface area contributed by atoms with Crippen molar-refractivity contribution in [2.24, 2.45) is 0 Å². The molecule has 1 atom stereocenters. The van der Waals surface area contributed by atoms with Gasteiger partial charge in [-0.1, -0.05) is 24.6 Å². The van der Waals surface area contributed by atoms with Gasteiger partial charge >= 0.3 is 6.03 Å². The Kier molecular flexibility index (Phi) is 8.10. The molecule has 1 fully saturated rings. The fourth-order valence-corrected chi connectivity index (χ4v) is 3.83. The molecule has 6 nitrogen and oxygen atoms in total. The Balaban J connectivity index is 1.88. The fourth-order valence-electron chi connectivity index (χ4n) is 3.83. The Morgan fingerprint density at radius 1 is 1.11 bits per heavy atom. The molecule has 2 rings (SSSR count). The lowest BCUT2D eigenvalue weighted by molar-refractivity contribution is -0.136. The molecule has 0 radical (unpaired) electrons. The lowest BCUT2D eigenvalue weighted by atomic mass is 10.0.